The molecule has 19 heavy (non-hydrogen) atoms. The molecule has 112 valence electrons. The zero-order chi connectivity index (χ0) is 13.7. The molecular weight excluding hydrogens is 242 g/mol. The minimum atomic E-state index is -0.415. The Labute approximate surface area is 116 Å². The Morgan fingerprint density at radius 2 is 2.05 bits per heavy atom. The van der Waals surface area contributed by atoms with Gasteiger partial charge in [-0.25, -0.2) is 0 Å². The van der Waals surface area contributed by atoms with Gasteiger partial charge in [0.15, 0.2) is 0 Å². The molecule has 0 radical (unpaired) electrons. The normalized spacial score (nSPS) is 37.4. The Kier molecular flexibility index (Phi) is 6.07. The van der Waals surface area contributed by atoms with Crippen LogP contribution in [0.2, 0.25) is 0 Å². The number of ether oxygens (including phenoxy) is 2. The second kappa shape index (κ2) is 7.58. The molecule has 2 fully saturated rings. The maximum atomic E-state index is 9.98. The van der Waals surface area contributed by atoms with Gasteiger partial charge in [0.25, 0.3) is 0 Å². The molecule has 5 atom stereocenters. The third-order valence-corrected chi connectivity index (χ3v) is 4.53. The van der Waals surface area contributed by atoms with Crippen LogP contribution in [0.25, 0.3) is 0 Å². The van der Waals surface area contributed by atoms with Gasteiger partial charge >= 0.3 is 0 Å². The molecule has 4 heteroatoms. The number of hydrogen-bond donors (Lipinski definition) is 2. The zero-order valence-electron chi connectivity index (χ0n) is 12.3. The summed E-state index contributed by atoms with van der Waals surface area (Å²) in [6.45, 7) is 6.21. The molecule has 1 aliphatic carbocycles. The Morgan fingerprint density at radius 3 is 2.74 bits per heavy atom. The fourth-order valence-corrected chi connectivity index (χ4v) is 3.11. The molecule has 2 rings (SSSR count). The predicted molar refractivity (Wildman–Crippen MR) is 75.2 cm³/mol. The minimum absolute atomic E-state index is 0.256. The molecule has 0 aromatic rings. The fraction of sp³-hybridized carbons (Fsp3) is 1.00. The van der Waals surface area contributed by atoms with Crippen molar-refractivity contribution in [2.24, 2.45) is 5.92 Å². The van der Waals surface area contributed by atoms with E-state index in [9.17, 15) is 5.11 Å². The van der Waals surface area contributed by atoms with Crippen molar-refractivity contribution in [3.8, 4) is 0 Å². The van der Waals surface area contributed by atoms with Gasteiger partial charge in [-0.3, -0.25) is 0 Å². The molecule has 5 unspecified atom stereocenters. The summed E-state index contributed by atoms with van der Waals surface area (Å²) in [5.74, 6) is 0.636. The molecule has 1 heterocycles. The summed E-state index contributed by atoms with van der Waals surface area (Å²) < 4.78 is 11.4. The second-order valence-corrected chi connectivity index (χ2v) is 6.17. The molecule has 2 aliphatic rings. The second-order valence-electron chi connectivity index (χ2n) is 6.17. The summed E-state index contributed by atoms with van der Waals surface area (Å²) in [5.41, 5.74) is 0. The zero-order valence-corrected chi connectivity index (χ0v) is 12.3. The Morgan fingerprint density at radius 1 is 1.26 bits per heavy atom. The van der Waals surface area contributed by atoms with Gasteiger partial charge in [0.1, 0.15) is 0 Å². The monoisotopic (exact) mass is 271 g/mol. The highest BCUT2D eigenvalue weighted by molar-refractivity contribution is 4.80. The molecule has 4 nitrogen and oxygen atoms in total. The molecule has 2 N–H and O–H groups in total. The SMILES string of the molecule is CC1CCCCC1OCC(O)CNC1CCOC1C. The van der Waals surface area contributed by atoms with E-state index in [-0.39, 0.29) is 6.10 Å². The van der Waals surface area contributed by atoms with E-state index >= 15 is 0 Å². The van der Waals surface area contributed by atoms with Crippen LogP contribution in [0.5, 0.6) is 0 Å². The third kappa shape index (κ3) is 4.71. The Hall–Kier alpha value is -0.160. The van der Waals surface area contributed by atoms with Crippen LogP contribution in [-0.2, 0) is 9.47 Å². The van der Waals surface area contributed by atoms with Crippen LogP contribution in [0.4, 0.5) is 0 Å². The number of nitrogens with one attached hydrogen (secondary N) is 1. The van der Waals surface area contributed by atoms with Gasteiger partial charge in [-0.1, -0.05) is 19.8 Å². The van der Waals surface area contributed by atoms with E-state index in [4.69, 9.17) is 9.47 Å². The highest BCUT2D eigenvalue weighted by Gasteiger charge is 2.25. The summed E-state index contributed by atoms with van der Waals surface area (Å²) in [7, 11) is 0. The summed E-state index contributed by atoms with van der Waals surface area (Å²) in [6.07, 6.45) is 6.22. The average molecular weight is 271 g/mol. The van der Waals surface area contributed by atoms with Crippen LogP contribution in [0.3, 0.4) is 0 Å². The molecule has 0 aromatic carbocycles. The maximum Gasteiger partial charge on any atom is 0.0897 e. The van der Waals surface area contributed by atoms with Gasteiger partial charge in [-0.05, 0) is 32.1 Å². The topological polar surface area (TPSA) is 50.7 Å². The number of rotatable bonds is 6. The lowest BCUT2D eigenvalue weighted by atomic mass is 9.88. The van der Waals surface area contributed by atoms with Gasteiger partial charge in [0.2, 0.25) is 0 Å². The Bertz CT molecular complexity index is 262. The molecule has 0 spiro atoms. The van der Waals surface area contributed by atoms with Crippen LogP contribution in [0, 0.1) is 5.92 Å². The van der Waals surface area contributed by atoms with Crippen LogP contribution < -0.4 is 5.32 Å². The van der Waals surface area contributed by atoms with Gasteiger partial charge in [0, 0.05) is 19.2 Å². The smallest absolute Gasteiger partial charge is 0.0897 e. The van der Waals surface area contributed by atoms with Crippen molar-refractivity contribution in [1.29, 1.82) is 0 Å². The number of aliphatic hydroxyl groups excluding tert-OH is 1. The van der Waals surface area contributed by atoms with E-state index < -0.39 is 6.10 Å². The Balaban J connectivity index is 1.60. The number of hydrogen-bond acceptors (Lipinski definition) is 4. The maximum absolute atomic E-state index is 9.98. The van der Waals surface area contributed by atoms with E-state index in [0.717, 1.165) is 19.4 Å². The van der Waals surface area contributed by atoms with Crippen LogP contribution >= 0.6 is 0 Å². The van der Waals surface area contributed by atoms with Crippen molar-refractivity contribution in [3.05, 3.63) is 0 Å². The third-order valence-electron chi connectivity index (χ3n) is 4.53. The van der Waals surface area contributed by atoms with Crippen molar-refractivity contribution in [3.63, 3.8) is 0 Å². The van der Waals surface area contributed by atoms with Crippen molar-refractivity contribution in [2.75, 3.05) is 19.8 Å². The lowest BCUT2D eigenvalue weighted by molar-refractivity contribution is -0.0459. The highest BCUT2D eigenvalue weighted by atomic mass is 16.5. The standard InChI is InChI=1S/C15H29NO3/c1-11-5-3-4-6-15(11)19-10-13(17)9-16-14-7-8-18-12(14)2/h11-17H,3-10H2,1-2H3. The fourth-order valence-electron chi connectivity index (χ4n) is 3.11. The molecule has 0 aromatic heterocycles. The van der Waals surface area contributed by atoms with Gasteiger partial charge in [-0.2, -0.15) is 0 Å². The van der Waals surface area contributed by atoms with Gasteiger partial charge < -0.3 is 19.9 Å². The van der Waals surface area contributed by atoms with Crippen molar-refractivity contribution >= 4 is 0 Å². The van der Waals surface area contributed by atoms with E-state index in [1.807, 2.05) is 0 Å². The lowest BCUT2D eigenvalue weighted by Crippen LogP contribution is -2.41. The molecule has 1 saturated heterocycles. The molecule has 0 amide bonds. The van der Waals surface area contributed by atoms with Crippen molar-refractivity contribution < 1.29 is 14.6 Å². The van der Waals surface area contributed by atoms with Crippen molar-refractivity contribution in [2.45, 2.75) is 70.3 Å². The van der Waals surface area contributed by atoms with E-state index in [1.165, 1.54) is 19.3 Å². The average Bonchev–Trinajstić information content (AvgIpc) is 2.81. The van der Waals surface area contributed by atoms with Gasteiger partial charge in [0.05, 0.1) is 24.9 Å². The first-order chi connectivity index (χ1) is 9.16. The number of aliphatic hydroxyl groups is 1. The summed E-state index contributed by atoms with van der Waals surface area (Å²) in [4.78, 5) is 0. The summed E-state index contributed by atoms with van der Waals surface area (Å²) in [5, 5.41) is 13.4. The quantitative estimate of drug-likeness (QED) is 0.772. The molecule has 0 bridgehead atoms. The summed E-state index contributed by atoms with van der Waals surface area (Å²) >= 11 is 0. The first-order valence-electron chi connectivity index (χ1n) is 7.81. The summed E-state index contributed by atoms with van der Waals surface area (Å²) in [6, 6.07) is 0.378. The van der Waals surface area contributed by atoms with Crippen molar-refractivity contribution in [1.82, 2.24) is 5.32 Å². The van der Waals surface area contributed by atoms with Gasteiger partial charge in [-0.15, -0.1) is 0 Å². The van der Waals surface area contributed by atoms with Crippen LogP contribution in [-0.4, -0.2) is 49.2 Å². The minimum Gasteiger partial charge on any atom is -0.389 e. The molecule has 1 saturated carbocycles. The highest BCUT2D eigenvalue weighted by Crippen LogP contribution is 2.26. The van der Waals surface area contributed by atoms with E-state index in [1.54, 1.807) is 0 Å². The van der Waals surface area contributed by atoms with E-state index in [0.29, 0.717) is 31.2 Å². The first-order valence-corrected chi connectivity index (χ1v) is 7.81. The molecule has 1 aliphatic heterocycles. The van der Waals surface area contributed by atoms with E-state index in [2.05, 4.69) is 19.2 Å². The molecular formula is C15H29NO3. The van der Waals surface area contributed by atoms with Crippen LogP contribution in [0.15, 0.2) is 0 Å². The van der Waals surface area contributed by atoms with Crippen LogP contribution in [0.1, 0.15) is 46.0 Å². The first kappa shape index (κ1) is 15.2. The predicted octanol–water partition coefficient (Wildman–Crippen LogP) is 1.71. The lowest BCUT2D eigenvalue weighted by Gasteiger charge is -2.29. The largest absolute Gasteiger partial charge is 0.389 e.